The van der Waals surface area contributed by atoms with Gasteiger partial charge < -0.3 is 19.5 Å². The molecule has 0 aromatic heterocycles. The predicted molar refractivity (Wildman–Crippen MR) is 84.7 cm³/mol. The zero-order valence-electron chi connectivity index (χ0n) is 13.5. The molecule has 2 rings (SSSR count). The predicted octanol–water partition coefficient (Wildman–Crippen LogP) is 1.58. The number of benzene rings is 1. The maximum atomic E-state index is 12.1. The lowest BCUT2D eigenvalue weighted by atomic mass is 10.0. The summed E-state index contributed by atoms with van der Waals surface area (Å²) in [6, 6.07) is 6.82. The molecule has 0 aliphatic carbocycles. The molecule has 1 aromatic carbocycles. The number of amides is 1. The molecular weight excluding hydrogens is 298 g/mol. The number of nitrogens with one attached hydrogen (secondary N) is 1. The van der Waals surface area contributed by atoms with E-state index in [1.165, 1.54) is 0 Å². The lowest BCUT2D eigenvalue weighted by molar-refractivity contribution is -0.125. The summed E-state index contributed by atoms with van der Waals surface area (Å²) in [6.45, 7) is 1.09. The molecule has 1 amide bonds. The number of carbonyl (C=O) groups excluding carboxylic acids is 2. The Morgan fingerprint density at radius 1 is 1.22 bits per heavy atom. The van der Waals surface area contributed by atoms with Gasteiger partial charge >= 0.3 is 0 Å². The van der Waals surface area contributed by atoms with Crippen LogP contribution in [0.3, 0.4) is 0 Å². The van der Waals surface area contributed by atoms with E-state index in [0.717, 1.165) is 6.42 Å². The maximum absolute atomic E-state index is 12.1. The van der Waals surface area contributed by atoms with Gasteiger partial charge in [0.2, 0.25) is 5.91 Å². The molecule has 0 unspecified atom stereocenters. The molecule has 2 atom stereocenters. The minimum atomic E-state index is -0.138. The molecule has 0 radical (unpaired) electrons. The average molecular weight is 321 g/mol. The first-order chi connectivity index (χ1) is 11.1. The Bertz CT molecular complexity index is 528. The number of ketones is 1. The van der Waals surface area contributed by atoms with E-state index in [-0.39, 0.29) is 36.7 Å². The van der Waals surface area contributed by atoms with Gasteiger partial charge in [0.25, 0.3) is 0 Å². The van der Waals surface area contributed by atoms with Gasteiger partial charge in [0.15, 0.2) is 5.78 Å². The van der Waals surface area contributed by atoms with E-state index in [4.69, 9.17) is 14.2 Å². The van der Waals surface area contributed by atoms with Gasteiger partial charge in [0, 0.05) is 32.1 Å². The van der Waals surface area contributed by atoms with Crippen molar-refractivity contribution < 1.29 is 23.8 Å². The second kappa shape index (κ2) is 8.64. The Morgan fingerprint density at radius 2 is 1.96 bits per heavy atom. The zero-order valence-corrected chi connectivity index (χ0v) is 13.5. The summed E-state index contributed by atoms with van der Waals surface area (Å²) in [5, 5.41) is 2.93. The molecule has 1 aliphatic heterocycles. The Balaban J connectivity index is 1.79. The van der Waals surface area contributed by atoms with Crippen molar-refractivity contribution in [2.45, 2.75) is 31.4 Å². The molecule has 1 saturated heterocycles. The maximum Gasteiger partial charge on any atom is 0.220 e. The number of ether oxygens (including phenoxy) is 3. The normalized spacial score (nSPS) is 20.8. The van der Waals surface area contributed by atoms with Crippen molar-refractivity contribution in [3.8, 4) is 5.75 Å². The number of rotatable bonds is 7. The van der Waals surface area contributed by atoms with Gasteiger partial charge in [-0.25, -0.2) is 0 Å². The number of carbonyl (C=O) groups is 2. The summed E-state index contributed by atoms with van der Waals surface area (Å²) in [4.78, 5) is 24.1. The highest BCUT2D eigenvalue weighted by Crippen LogP contribution is 2.14. The van der Waals surface area contributed by atoms with Gasteiger partial charge in [0.1, 0.15) is 11.9 Å². The van der Waals surface area contributed by atoms with Crippen LogP contribution in [0.1, 0.15) is 29.6 Å². The minimum absolute atomic E-state index is 0.0573. The Hall–Kier alpha value is -1.92. The van der Waals surface area contributed by atoms with Gasteiger partial charge in [-0.15, -0.1) is 0 Å². The molecule has 0 saturated carbocycles. The standard InChI is InChI=1S/C17H23NO5/c1-21-13-5-3-12(4-6-13)15(19)7-8-17(20)18-14-9-10-23-11-16(14)22-2/h3-6,14,16H,7-11H2,1-2H3,(H,18,20)/t14-,16-/m1/s1. The third-order valence-electron chi connectivity index (χ3n) is 3.94. The van der Waals surface area contributed by atoms with Crippen LogP contribution in [0.5, 0.6) is 5.75 Å². The zero-order chi connectivity index (χ0) is 16.7. The largest absolute Gasteiger partial charge is 0.497 e. The first-order valence-corrected chi connectivity index (χ1v) is 7.71. The van der Waals surface area contributed by atoms with Crippen LogP contribution in [-0.4, -0.2) is 51.3 Å². The van der Waals surface area contributed by atoms with E-state index in [9.17, 15) is 9.59 Å². The van der Waals surface area contributed by atoms with E-state index in [1.54, 1.807) is 38.5 Å². The van der Waals surface area contributed by atoms with Crippen molar-refractivity contribution >= 4 is 11.7 Å². The molecule has 6 heteroatoms. The average Bonchev–Trinajstić information content (AvgIpc) is 2.60. The second-order valence-electron chi connectivity index (χ2n) is 5.46. The summed E-state index contributed by atoms with van der Waals surface area (Å²) >= 11 is 0. The first-order valence-electron chi connectivity index (χ1n) is 7.71. The van der Waals surface area contributed by atoms with E-state index < -0.39 is 0 Å². The Kier molecular flexibility index (Phi) is 6.55. The van der Waals surface area contributed by atoms with Crippen molar-refractivity contribution in [1.82, 2.24) is 5.32 Å². The minimum Gasteiger partial charge on any atom is -0.497 e. The van der Waals surface area contributed by atoms with Crippen LogP contribution in [0.25, 0.3) is 0 Å². The highest BCUT2D eigenvalue weighted by molar-refractivity contribution is 5.98. The highest BCUT2D eigenvalue weighted by Gasteiger charge is 2.26. The van der Waals surface area contributed by atoms with Gasteiger partial charge in [-0.2, -0.15) is 0 Å². The van der Waals surface area contributed by atoms with Crippen LogP contribution in [0.4, 0.5) is 0 Å². The van der Waals surface area contributed by atoms with E-state index in [2.05, 4.69) is 5.32 Å². The monoisotopic (exact) mass is 321 g/mol. The molecule has 0 spiro atoms. The fourth-order valence-corrected chi connectivity index (χ4v) is 2.54. The third-order valence-corrected chi connectivity index (χ3v) is 3.94. The van der Waals surface area contributed by atoms with Crippen LogP contribution in [0, 0.1) is 0 Å². The molecule has 1 heterocycles. The molecule has 1 aliphatic rings. The number of hydrogen-bond acceptors (Lipinski definition) is 5. The summed E-state index contributed by atoms with van der Waals surface area (Å²) < 4.78 is 15.7. The molecule has 1 aromatic rings. The second-order valence-corrected chi connectivity index (χ2v) is 5.46. The molecule has 0 bridgehead atoms. The molecular formula is C17H23NO5. The summed E-state index contributed by atoms with van der Waals surface area (Å²) in [6.07, 6.45) is 0.930. The van der Waals surface area contributed by atoms with Crippen LogP contribution < -0.4 is 10.1 Å². The Labute approximate surface area is 136 Å². The summed E-state index contributed by atoms with van der Waals surface area (Å²) in [7, 11) is 3.18. The smallest absolute Gasteiger partial charge is 0.220 e. The lowest BCUT2D eigenvalue weighted by Crippen LogP contribution is -2.49. The lowest BCUT2D eigenvalue weighted by Gasteiger charge is -2.31. The quantitative estimate of drug-likeness (QED) is 0.772. The molecule has 6 nitrogen and oxygen atoms in total. The Morgan fingerprint density at radius 3 is 2.61 bits per heavy atom. The van der Waals surface area contributed by atoms with E-state index >= 15 is 0 Å². The fraction of sp³-hybridized carbons (Fsp3) is 0.529. The highest BCUT2D eigenvalue weighted by atomic mass is 16.5. The molecule has 1 fully saturated rings. The van der Waals surface area contributed by atoms with Gasteiger partial charge in [-0.3, -0.25) is 9.59 Å². The van der Waals surface area contributed by atoms with Crippen molar-refractivity contribution in [1.29, 1.82) is 0 Å². The summed E-state index contributed by atoms with van der Waals surface area (Å²) in [5.41, 5.74) is 0.583. The van der Waals surface area contributed by atoms with Crippen LogP contribution in [0.15, 0.2) is 24.3 Å². The fourth-order valence-electron chi connectivity index (χ4n) is 2.54. The van der Waals surface area contributed by atoms with Crippen LogP contribution in [-0.2, 0) is 14.3 Å². The molecule has 126 valence electrons. The van der Waals surface area contributed by atoms with Crippen molar-refractivity contribution in [2.75, 3.05) is 27.4 Å². The van der Waals surface area contributed by atoms with E-state index in [1.807, 2.05) is 0 Å². The number of Topliss-reactive ketones (excluding diaryl/α,β-unsaturated/α-hetero) is 1. The van der Waals surface area contributed by atoms with Crippen LogP contribution >= 0.6 is 0 Å². The molecule has 23 heavy (non-hydrogen) atoms. The first kappa shape index (κ1) is 17.4. The SMILES string of the molecule is COc1ccc(C(=O)CCC(=O)N[C@@H]2CCOC[C@H]2OC)cc1. The van der Waals surface area contributed by atoms with Crippen molar-refractivity contribution in [3.63, 3.8) is 0 Å². The number of methoxy groups -OCH3 is 2. The van der Waals surface area contributed by atoms with Gasteiger partial charge in [-0.1, -0.05) is 0 Å². The van der Waals surface area contributed by atoms with Crippen molar-refractivity contribution in [3.05, 3.63) is 29.8 Å². The molecule has 1 N–H and O–H groups in total. The van der Waals surface area contributed by atoms with Gasteiger partial charge in [-0.05, 0) is 30.7 Å². The third kappa shape index (κ3) is 5.04. The number of hydrogen-bond donors (Lipinski definition) is 1. The van der Waals surface area contributed by atoms with E-state index in [0.29, 0.717) is 24.5 Å². The van der Waals surface area contributed by atoms with Gasteiger partial charge in [0.05, 0.1) is 19.8 Å². The summed E-state index contributed by atoms with van der Waals surface area (Å²) in [5.74, 6) is 0.503. The topological polar surface area (TPSA) is 73.9 Å². The van der Waals surface area contributed by atoms with Crippen LogP contribution in [0.2, 0.25) is 0 Å². The van der Waals surface area contributed by atoms with Crippen molar-refractivity contribution in [2.24, 2.45) is 0 Å².